The van der Waals surface area contributed by atoms with Gasteiger partial charge in [0.15, 0.2) is 0 Å². The molecule has 5 nitrogen and oxygen atoms in total. The van der Waals surface area contributed by atoms with E-state index < -0.39 is 11.4 Å². The Morgan fingerprint density at radius 1 is 1.45 bits per heavy atom. The summed E-state index contributed by atoms with van der Waals surface area (Å²) in [4.78, 5) is 19.3. The highest BCUT2D eigenvalue weighted by Crippen LogP contribution is 2.41. The van der Waals surface area contributed by atoms with Crippen LogP contribution in [0.15, 0.2) is 18.2 Å². The lowest BCUT2D eigenvalue weighted by Crippen LogP contribution is -2.30. The number of fused-ring (bicyclic) bond motifs is 1. The fraction of sp³-hybridized carbons (Fsp3) is 0.467. The monoisotopic (exact) mass is 274 g/mol. The Morgan fingerprint density at radius 3 is 2.85 bits per heavy atom. The minimum atomic E-state index is -0.701. The lowest BCUT2D eigenvalue weighted by molar-refractivity contribution is -0.148. The first kappa shape index (κ1) is 13.0. The standard InChI is InChI=1S/C15H18N2O3/c1-20-10-4-5-11-12(8-10)17-13(16-11)9-15(14(18)19)6-2-3-7-15/h4-5,8H,2-3,6-7,9H2,1H3,(H,16,17)(H,18,19). The molecule has 0 saturated heterocycles. The summed E-state index contributed by atoms with van der Waals surface area (Å²) in [5.74, 6) is 0.812. The smallest absolute Gasteiger partial charge is 0.310 e. The minimum Gasteiger partial charge on any atom is -0.497 e. The molecule has 1 aromatic heterocycles. The van der Waals surface area contributed by atoms with Crippen molar-refractivity contribution < 1.29 is 14.6 Å². The van der Waals surface area contributed by atoms with Crippen molar-refractivity contribution in [3.8, 4) is 5.75 Å². The molecule has 0 atom stereocenters. The largest absolute Gasteiger partial charge is 0.497 e. The molecule has 1 saturated carbocycles. The summed E-state index contributed by atoms with van der Waals surface area (Å²) in [6.07, 6.45) is 3.92. The van der Waals surface area contributed by atoms with Crippen LogP contribution in [0.4, 0.5) is 0 Å². The summed E-state index contributed by atoms with van der Waals surface area (Å²) in [6, 6.07) is 5.62. The predicted molar refractivity (Wildman–Crippen MR) is 74.9 cm³/mol. The van der Waals surface area contributed by atoms with E-state index in [2.05, 4.69) is 9.97 Å². The number of rotatable bonds is 4. The van der Waals surface area contributed by atoms with Gasteiger partial charge in [0.2, 0.25) is 0 Å². The predicted octanol–water partition coefficient (Wildman–Crippen LogP) is 2.76. The van der Waals surface area contributed by atoms with Gasteiger partial charge in [0, 0.05) is 12.5 Å². The highest BCUT2D eigenvalue weighted by Gasteiger charge is 2.42. The third-order valence-electron chi connectivity index (χ3n) is 4.26. The van der Waals surface area contributed by atoms with Gasteiger partial charge in [-0.1, -0.05) is 12.8 Å². The fourth-order valence-electron chi connectivity index (χ4n) is 3.09. The second-order valence-electron chi connectivity index (χ2n) is 5.54. The van der Waals surface area contributed by atoms with Gasteiger partial charge in [0.1, 0.15) is 11.6 Å². The first-order valence-electron chi connectivity index (χ1n) is 6.89. The maximum absolute atomic E-state index is 11.6. The highest BCUT2D eigenvalue weighted by atomic mass is 16.5. The zero-order valence-corrected chi connectivity index (χ0v) is 11.5. The number of imidazole rings is 1. The number of H-pyrrole nitrogens is 1. The molecule has 1 aliphatic carbocycles. The maximum Gasteiger partial charge on any atom is 0.310 e. The molecule has 20 heavy (non-hydrogen) atoms. The molecular weight excluding hydrogens is 256 g/mol. The van der Waals surface area contributed by atoms with Crippen molar-refractivity contribution in [3.05, 3.63) is 24.0 Å². The summed E-state index contributed by atoms with van der Waals surface area (Å²) in [7, 11) is 1.62. The molecule has 0 bridgehead atoms. The van der Waals surface area contributed by atoms with Gasteiger partial charge in [-0.25, -0.2) is 4.98 Å². The highest BCUT2D eigenvalue weighted by molar-refractivity contribution is 5.78. The van der Waals surface area contributed by atoms with Gasteiger partial charge in [-0.3, -0.25) is 4.79 Å². The van der Waals surface area contributed by atoms with Gasteiger partial charge in [-0.2, -0.15) is 0 Å². The summed E-state index contributed by atoms with van der Waals surface area (Å²) in [5.41, 5.74) is 1.09. The average Bonchev–Trinajstić information content (AvgIpc) is 3.05. The van der Waals surface area contributed by atoms with Gasteiger partial charge in [-0.05, 0) is 25.0 Å². The van der Waals surface area contributed by atoms with E-state index in [0.717, 1.165) is 48.3 Å². The Kier molecular flexibility index (Phi) is 3.12. The van der Waals surface area contributed by atoms with E-state index in [4.69, 9.17) is 4.74 Å². The Hall–Kier alpha value is -2.04. The molecule has 0 unspecified atom stereocenters. The van der Waals surface area contributed by atoms with E-state index in [1.54, 1.807) is 7.11 Å². The molecule has 1 aliphatic rings. The van der Waals surface area contributed by atoms with E-state index in [1.165, 1.54) is 0 Å². The normalized spacial score (nSPS) is 17.4. The number of nitrogens with one attached hydrogen (secondary N) is 1. The number of hydrogen-bond acceptors (Lipinski definition) is 3. The number of carbonyl (C=O) groups is 1. The first-order valence-corrected chi connectivity index (χ1v) is 6.89. The number of carboxylic acids is 1. The second-order valence-corrected chi connectivity index (χ2v) is 5.54. The third kappa shape index (κ3) is 2.13. The molecule has 0 spiro atoms. The van der Waals surface area contributed by atoms with Crippen LogP contribution < -0.4 is 4.74 Å². The number of benzene rings is 1. The molecule has 5 heteroatoms. The van der Waals surface area contributed by atoms with E-state index >= 15 is 0 Å². The maximum atomic E-state index is 11.6. The van der Waals surface area contributed by atoms with Gasteiger partial charge in [0.25, 0.3) is 0 Å². The lowest BCUT2D eigenvalue weighted by atomic mass is 9.82. The quantitative estimate of drug-likeness (QED) is 0.899. The first-order chi connectivity index (χ1) is 9.63. The molecule has 0 amide bonds. The van der Waals surface area contributed by atoms with Crippen LogP contribution in [0.5, 0.6) is 5.75 Å². The van der Waals surface area contributed by atoms with Crippen LogP contribution in [0.2, 0.25) is 0 Å². The fourth-order valence-corrected chi connectivity index (χ4v) is 3.09. The summed E-state index contributed by atoms with van der Waals surface area (Å²) in [6.45, 7) is 0. The van der Waals surface area contributed by atoms with Gasteiger partial charge < -0.3 is 14.8 Å². The van der Waals surface area contributed by atoms with Crippen molar-refractivity contribution in [1.29, 1.82) is 0 Å². The Morgan fingerprint density at radius 2 is 2.20 bits per heavy atom. The van der Waals surface area contributed by atoms with Crippen LogP contribution in [-0.2, 0) is 11.2 Å². The Bertz CT molecular complexity index is 642. The zero-order chi connectivity index (χ0) is 14.2. The van der Waals surface area contributed by atoms with E-state index in [9.17, 15) is 9.90 Å². The van der Waals surface area contributed by atoms with Gasteiger partial charge in [0.05, 0.1) is 23.6 Å². The SMILES string of the molecule is COc1ccc2nc(CC3(C(=O)O)CCCC3)[nH]c2c1. The number of aromatic amines is 1. The summed E-state index contributed by atoms with van der Waals surface area (Å²) < 4.78 is 5.18. The van der Waals surface area contributed by atoms with Crippen LogP contribution >= 0.6 is 0 Å². The molecule has 106 valence electrons. The van der Waals surface area contributed by atoms with Crippen LogP contribution in [-0.4, -0.2) is 28.2 Å². The van der Waals surface area contributed by atoms with Crippen molar-refractivity contribution in [2.45, 2.75) is 32.1 Å². The van der Waals surface area contributed by atoms with Crippen molar-refractivity contribution in [2.24, 2.45) is 5.41 Å². The number of hydrogen-bond donors (Lipinski definition) is 2. The molecule has 1 fully saturated rings. The van der Waals surface area contributed by atoms with E-state index in [1.807, 2.05) is 18.2 Å². The van der Waals surface area contributed by atoms with Crippen LogP contribution in [0.3, 0.4) is 0 Å². The van der Waals surface area contributed by atoms with Gasteiger partial charge >= 0.3 is 5.97 Å². The molecule has 2 aromatic rings. The number of ether oxygens (including phenoxy) is 1. The molecule has 3 rings (SSSR count). The van der Waals surface area contributed by atoms with Crippen LogP contribution in [0.1, 0.15) is 31.5 Å². The Balaban J connectivity index is 1.92. The number of nitrogens with zero attached hydrogens (tertiary/aromatic N) is 1. The van der Waals surface area contributed by atoms with Crippen LogP contribution in [0.25, 0.3) is 11.0 Å². The number of methoxy groups -OCH3 is 1. The second kappa shape index (κ2) is 4.81. The van der Waals surface area contributed by atoms with Crippen molar-refractivity contribution in [3.63, 3.8) is 0 Å². The molecular formula is C15H18N2O3. The lowest BCUT2D eigenvalue weighted by Gasteiger charge is -2.22. The molecule has 1 aromatic carbocycles. The third-order valence-corrected chi connectivity index (χ3v) is 4.26. The van der Waals surface area contributed by atoms with Crippen molar-refractivity contribution in [2.75, 3.05) is 7.11 Å². The number of aromatic nitrogens is 2. The zero-order valence-electron chi connectivity index (χ0n) is 11.5. The molecule has 2 N–H and O–H groups in total. The Labute approximate surface area is 117 Å². The van der Waals surface area contributed by atoms with E-state index in [-0.39, 0.29) is 0 Å². The summed E-state index contributed by atoms with van der Waals surface area (Å²) >= 11 is 0. The van der Waals surface area contributed by atoms with Crippen molar-refractivity contribution >= 4 is 17.0 Å². The van der Waals surface area contributed by atoms with Crippen molar-refractivity contribution in [1.82, 2.24) is 9.97 Å². The average molecular weight is 274 g/mol. The molecule has 0 aliphatic heterocycles. The van der Waals surface area contributed by atoms with Crippen LogP contribution in [0, 0.1) is 5.41 Å². The topological polar surface area (TPSA) is 75.2 Å². The summed E-state index contributed by atoms with van der Waals surface area (Å²) in [5, 5.41) is 9.52. The number of aliphatic carboxylic acids is 1. The molecule has 0 radical (unpaired) electrons. The number of carboxylic acid groups (broad SMARTS) is 1. The van der Waals surface area contributed by atoms with E-state index in [0.29, 0.717) is 6.42 Å². The minimum absolute atomic E-state index is 0.472. The van der Waals surface area contributed by atoms with Gasteiger partial charge in [-0.15, -0.1) is 0 Å². The molecule has 1 heterocycles.